The molecule has 0 bridgehead atoms. The van der Waals surface area contributed by atoms with E-state index in [1.807, 2.05) is 0 Å². The highest BCUT2D eigenvalue weighted by molar-refractivity contribution is 5.73. The molecule has 0 saturated carbocycles. The summed E-state index contributed by atoms with van der Waals surface area (Å²) in [4.78, 5) is 14.3. The summed E-state index contributed by atoms with van der Waals surface area (Å²) in [6.07, 6.45) is 4.77. The van der Waals surface area contributed by atoms with Gasteiger partial charge in [-0.1, -0.05) is 19.1 Å². The van der Waals surface area contributed by atoms with Gasteiger partial charge in [0.05, 0.1) is 0 Å². The highest BCUT2D eigenvalue weighted by Crippen LogP contribution is 2.15. The summed E-state index contributed by atoms with van der Waals surface area (Å²) in [7, 11) is 0. The number of hydrogen-bond acceptors (Lipinski definition) is 2. The van der Waals surface area contributed by atoms with Crippen LogP contribution in [0.4, 0.5) is 9.18 Å². The first-order chi connectivity index (χ1) is 11.5. The second-order valence-electron chi connectivity index (χ2n) is 6.95. The average Bonchev–Trinajstić information content (AvgIpc) is 2.56. The number of halogens is 1. The van der Waals surface area contributed by atoms with Gasteiger partial charge in [0.25, 0.3) is 0 Å². The van der Waals surface area contributed by atoms with Gasteiger partial charge in [-0.25, -0.2) is 9.18 Å². The second-order valence-corrected chi connectivity index (χ2v) is 6.95. The van der Waals surface area contributed by atoms with Crippen molar-refractivity contribution < 1.29 is 9.18 Å². The molecule has 2 amide bonds. The van der Waals surface area contributed by atoms with Gasteiger partial charge < -0.3 is 15.5 Å². The van der Waals surface area contributed by atoms with E-state index in [-0.39, 0.29) is 11.8 Å². The number of piperidine rings is 1. The van der Waals surface area contributed by atoms with Crippen LogP contribution in [-0.2, 0) is 6.54 Å². The number of carbonyl (C=O) groups excluding carboxylic acids is 1. The molecule has 1 saturated heterocycles. The molecule has 2 rings (SSSR count). The Morgan fingerprint density at radius 1 is 1.33 bits per heavy atom. The van der Waals surface area contributed by atoms with E-state index < -0.39 is 0 Å². The molecule has 1 heterocycles. The van der Waals surface area contributed by atoms with Gasteiger partial charge in [0.15, 0.2) is 0 Å². The maximum atomic E-state index is 13.2. The van der Waals surface area contributed by atoms with Crippen molar-refractivity contribution in [2.45, 2.75) is 46.1 Å². The first-order valence-corrected chi connectivity index (χ1v) is 9.03. The minimum Gasteiger partial charge on any atom is -0.338 e. The van der Waals surface area contributed by atoms with Crippen molar-refractivity contribution in [2.24, 2.45) is 5.92 Å². The molecule has 24 heavy (non-hydrogen) atoms. The Kier molecular flexibility index (Phi) is 7.50. The van der Waals surface area contributed by atoms with E-state index in [2.05, 4.69) is 22.5 Å². The maximum absolute atomic E-state index is 13.2. The number of nitrogens with one attached hydrogen (secondary N) is 2. The zero-order chi connectivity index (χ0) is 17.4. The third kappa shape index (κ3) is 6.48. The normalized spacial score (nSPS) is 18.4. The molecule has 0 spiro atoms. The van der Waals surface area contributed by atoms with Crippen molar-refractivity contribution in [1.29, 1.82) is 0 Å². The van der Waals surface area contributed by atoms with Crippen LogP contribution in [0.3, 0.4) is 0 Å². The molecule has 1 unspecified atom stereocenters. The number of unbranched alkanes of at least 4 members (excludes halogenated alkanes) is 1. The minimum atomic E-state index is -0.216. The predicted octanol–water partition coefficient (Wildman–Crippen LogP) is 3.45. The molecule has 134 valence electrons. The summed E-state index contributed by atoms with van der Waals surface area (Å²) in [6, 6.07) is 4.73. The smallest absolute Gasteiger partial charge is 0.315 e. The molecule has 1 atom stereocenters. The Morgan fingerprint density at radius 2 is 2.17 bits per heavy atom. The number of rotatable bonds is 7. The van der Waals surface area contributed by atoms with Gasteiger partial charge in [0.2, 0.25) is 0 Å². The average molecular weight is 335 g/mol. The maximum Gasteiger partial charge on any atom is 0.315 e. The van der Waals surface area contributed by atoms with E-state index in [0.29, 0.717) is 18.7 Å². The van der Waals surface area contributed by atoms with Crippen LogP contribution in [0.2, 0.25) is 0 Å². The standard InChI is InChI=1S/C19H30FN3O/c1-15-6-5-11-23(14-15)10-4-3-9-21-19(24)22-13-17-7-8-18(20)16(2)12-17/h7-8,12,15H,3-6,9-11,13-14H2,1-2H3,(H2,21,22,24). The van der Waals surface area contributed by atoms with E-state index >= 15 is 0 Å². The lowest BCUT2D eigenvalue weighted by Gasteiger charge is -2.30. The van der Waals surface area contributed by atoms with Crippen molar-refractivity contribution in [1.82, 2.24) is 15.5 Å². The fraction of sp³-hybridized carbons (Fsp3) is 0.632. The Hall–Kier alpha value is -1.62. The van der Waals surface area contributed by atoms with Crippen LogP contribution < -0.4 is 10.6 Å². The van der Waals surface area contributed by atoms with Crippen LogP contribution in [-0.4, -0.2) is 37.1 Å². The van der Waals surface area contributed by atoms with Gasteiger partial charge in [-0.15, -0.1) is 0 Å². The van der Waals surface area contributed by atoms with Gasteiger partial charge in [-0.3, -0.25) is 0 Å². The number of nitrogens with zero attached hydrogens (tertiary/aromatic N) is 1. The lowest BCUT2D eigenvalue weighted by molar-refractivity contribution is 0.181. The van der Waals surface area contributed by atoms with Gasteiger partial charge in [-0.2, -0.15) is 0 Å². The van der Waals surface area contributed by atoms with E-state index in [4.69, 9.17) is 0 Å². The van der Waals surface area contributed by atoms with E-state index in [1.165, 1.54) is 32.0 Å². The largest absolute Gasteiger partial charge is 0.338 e. The summed E-state index contributed by atoms with van der Waals surface area (Å²) in [6.45, 7) is 8.71. The number of amides is 2. The number of likely N-dealkylation sites (tertiary alicyclic amines) is 1. The fourth-order valence-corrected chi connectivity index (χ4v) is 3.21. The molecule has 5 heteroatoms. The third-order valence-electron chi connectivity index (χ3n) is 4.60. The molecule has 1 fully saturated rings. The van der Waals surface area contributed by atoms with Crippen LogP contribution in [0, 0.1) is 18.7 Å². The first-order valence-electron chi connectivity index (χ1n) is 9.03. The molecular weight excluding hydrogens is 305 g/mol. The molecule has 1 aromatic carbocycles. The van der Waals surface area contributed by atoms with Crippen LogP contribution in [0.25, 0.3) is 0 Å². The highest BCUT2D eigenvalue weighted by atomic mass is 19.1. The van der Waals surface area contributed by atoms with E-state index in [9.17, 15) is 9.18 Å². The Morgan fingerprint density at radius 3 is 2.92 bits per heavy atom. The van der Waals surface area contributed by atoms with Gasteiger partial charge in [0.1, 0.15) is 5.82 Å². The third-order valence-corrected chi connectivity index (χ3v) is 4.60. The van der Waals surface area contributed by atoms with Crippen molar-refractivity contribution in [3.8, 4) is 0 Å². The summed E-state index contributed by atoms with van der Waals surface area (Å²) in [5.41, 5.74) is 1.50. The lowest BCUT2D eigenvalue weighted by Crippen LogP contribution is -2.37. The second kappa shape index (κ2) is 9.62. The zero-order valence-electron chi connectivity index (χ0n) is 14.9. The molecular formula is C19H30FN3O. The summed E-state index contributed by atoms with van der Waals surface area (Å²) in [5, 5.41) is 5.69. The van der Waals surface area contributed by atoms with Gasteiger partial charge in [0, 0.05) is 19.6 Å². The molecule has 0 aromatic heterocycles. The Bertz CT molecular complexity index is 535. The number of aryl methyl sites for hydroxylation is 1. The topological polar surface area (TPSA) is 44.4 Å². The van der Waals surface area contributed by atoms with Gasteiger partial charge in [-0.05, 0) is 68.8 Å². The molecule has 0 radical (unpaired) electrons. The number of urea groups is 1. The molecule has 1 aliphatic rings. The summed E-state index contributed by atoms with van der Waals surface area (Å²) < 4.78 is 13.2. The van der Waals surface area contributed by atoms with Crippen LogP contribution in [0.1, 0.15) is 43.7 Å². The number of benzene rings is 1. The van der Waals surface area contributed by atoms with Crippen molar-refractivity contribution >= 4 is 6.03 Å². The SMILES string of the molecule is Cc1cc(CNC(=O)NCCCCN2CCCC(C)C2)ccc1F. The minimum absolute atomic E-state index is 0.163. The molecule has 2 N–H and O–H groups in total. The zero-order valence-corrected chi connectivity index (χ0v) is 14.9. The van der Waals surface area contributed by atoms with Crippen molar-refractivity contribution in [3.63, 3.8) is 0 Å². The monoisotopic (exact) mass is 335 g/mol. The number of carbonyl (C=O) groups is 1. The van der Waals surface area contributed by atoms with E-state index in [0.717, 1.165) is 30.9 Å². The predicted molar refractivity (Wildman–Crippen MR) is 95.4 cm³/mol. The summed E-state index contributed by atoms with van der Waals surface area (Å²) >= 11 is 0. The lowest BCUT2D eigenvalue weighted by atomic mass is 10.0. The first kappa shape index (κ1) is 18.7. The molecule has 1 aliphatic heterocycles. The highest BCUT2D eigenvalue weighted by Gasteiger charge is 2.15. The fourth-order valence-electron chi connectivity index (χ4n) is 3.21. The summed E-state index contributed by atoms with van der Waals surface area (Å²) in [5.74, 6) is 0.601. The molecule has 0 aliphatic carbocycles. The van der Waals surface area contributed by atoms with Crippen LogP contribution in [0.5, 0.6) is 0 Å². The quantitative estimate of drug-likeness (QED) is 0.750. The Labute approximate surface area is 144 Å². The van der Waals surface area contributed by atoms with Crippen molar-refractivity contribution in [3.05, 3.63) is 35.1 Å². The van der Waals surface area contributed by atoms with Crippen molar-refractivity contribution in [2.75, 3.05) is 26.2 Å². The van der Waals surface area contributed by atoms with Crippen LogP contribution >= 0.6 is 0 Å². The van der Waals surface area contributed by atoms with Crippen LogP contribution in [0.15, 0.2) is 18.2 Å². The molecule has 1 aromatic rings. The molecule has 4 nitrogen and oxygen atoms in total. The Balaban J connectivity index is 1.54. The van der Waals surface area contributed by atoms with E-state index in [1.54, 1.807) is 19.1 Å². The number of hydrogen-bond donors (Lipinski definition) is 2. The van der Waals surface area contributed by atoms with Gasteiger partial charge >= 0.3 is 6.03 Å².